The SMILES string of the molecule is COCCCN(CC(O)CO)CC1(O)CCC2c3ccc(cc3C(=O)c3ccccc3-c3ccccc3)CC(O)CCC(C)=CCCC21C. The van der Waals surface area contributed by atoms with Crippen LogP contribution in [0.25, 0.3) is 11.1 Å². The Kier molecular flexibility index (Phi) is 12.6. The van der Waals surface area contributed by atoms with Gasteiger partial charge in [-0.3, -0.25) is 9.69 Å². The highest BCUT2D eigenvalue weighted by Gasteiger charge is 2.57. The van der Waals surface area contributed by atoms with Gasteiger partial charge < -0.3 is 25.2 Å². The second-order valence-electron chi connectivity index (χ2n) is 14.6. The number of hydrogen-bond donors (Lipinski definition) is 4. The average molecular weight is 670 g/mol. The molecule has 1 fully saturated rings. The van der Waals surface area contributed by atoms with E-state index in [1.54, 1.807) is 7.11 Å². The molecule has 5 atom stereocenters. The Bertz CT molecular complexity index is 1570. The normalized spacial score (nSPS) is 25.1. The first-order chi connectivity index (χ1) is 23.6. The molecule has 5 unspecified atom stereocenters. The lowest BCUT2D eigenvalue weighted by Gasteiger charge is -2.46. The highest BCUT2D eigenvalue weighted by molar-refractivity contribution is 6.13. The minimum Gasteiger partial charge on any atom is -0.394 e. The van der Waals surface area contributed by atoms with E-state index >= 15 is 0 Å². The van der Waals surface area contributed by atoms with Crippen molar-refractivity contribution >= 4 is 5.78 Å². The largest absolute Gasteiger partial charge is 0.394 e. The summed E-state index contributed by atoms with van der Waals surface area (Å²) in [4.78, 5) is 16.9. The van der Waals surface area contributed by atoms with Crippen molar-refractivity contribution in [2.75, 3.05) is 40.0 Å². The molecule has 3 aromatic carbocycles. The fourth-order valence-electron chi connectivity index (χ4n) is 8.29. The smallest absolute Gasteiger partial charge is 0.193 e. The molecular formula is C42H55NO6. The van der Waals surface area contributed by atoms with Crippen LogP contribution in [-0.4, -0.2) is 88.9 Å². The second-order valence-corrected chi connectivity index (χ2v) is 14.6. The topological polar surface area (TPSA) is 110 Å². The number of allylic oxidation sites excluding steroid dienone is 2. The molecule has 7 heteroatoms. The highest BCUT2D eigenvalue weighted by Crippen LogP contribution is 2.59. The van der Waals surface area contributed by atoms with Gasteiger partial charge in [-0.1, -0.05) is 85.3 Å². The Hall–Kier alpha value is -3.17. The molecule has 6 rings (SSSR count). The number of ketones is 1. The molecule has 3 aromatic rings. The summed E-state index contributed by atoms with van der Waals surface area (Å²) in [5, 5.41) is 43.9. The van der Waals surface area contributed by atoms with Crippen LogP contribution in [0.15, 0.2) is 84.4 Å². The molecule has 0 aromatic heterocycles. The van der Waals surface area contributed by atoms with Crippen LogP contribution in [-0.2, 0) is 11.2 Å². The third kappa shape index (κ3) is 8.59. The van der Waals surface area contributed by atoms with Crippen molar-refractivity contribution < 1.29 is 30.0 Å². The first-order valence-electron chi connectivity index (χ1n) is 18.0. The van der Waals surface area contributed by atoms with E-state index in [0.717, 1.165) is 41.5 Å². The van der Waals surface area contributed by atoms with Gasteiger partial charge in [0.1, 0.15) is 0 Å². The maximum atomic E-state index is 14.8. The molecule has 0 saturated heterocycles. The average Bonchev–Trinajstić information content (AvgIpc) is 3.35. The number of carbonyl (C=O) groups is 1. The third-order valence-corrected chi connectivity index (χ3v) is 11.2. The van der Waals surface area contributed by atoms with E-state index in [2.05, 4.69) is 37.0 Å². The van der Waals surface area contributed by atoms with Crippen LogP contribution in [0.1, 0.15) is 91.8 Å². The van der Waals surface area contributed by atoms with E-state index in [4.69, 9.17) is 4.74 Å². The van der Waals surface area contributed by atoms with Crippen LogP contribution in [0.5, 0.6) is 0 Å². The zero-order valence-corrected chi connectivity index (χ0v) is 29.5. The molecule has 2 bridgehead atoms. The van der Waals surface area contributed by atoms with Crippen LogP contribution < -0.4 is 0 Å². The molecular weight excluding hydrogens is 614 g/mol. The van der Waals surface area contributed by atoms with Crippen LogP contribution in [0, 0.1) is 5.41 Å². The van der Waals surface area contributed by atoms with Crippen molar-refractivity contribution in [3.8, 4) is 11.1 Å². The Balaban J connectivity index is 1.61. The summed E-state index contributed by atoms with van der Waals surface area (Å²) >= 11 is 0. The van der Waals surface area contributed by atoms with Crippen molar-refractivity contribution in [2.45, 2.75) is 88.9 Å². The number of fused-ring (bicyclic) bond motifs is 8. The summed E-state index contributed by atoms with van der Waals surface area (Å²) in [6.45, 7) is 5.71. The van der Waals surface area contributed by atoms with Crippen molar-refractivity contribution in [1.29, 1.82) is 0 Å². The Morgan fingerprint density at radius 1 is 1.02 bits per heavy atom. The van der Waals surface area contributed by atoms with E-state index in [1.165, 1.54) is 5.57 Å². The maximum absolute atomic E-state index is 14.8. The standard InChI is InChI=1S/C42H55NO6/c1-30-11-9-21-41(2)39(20-22-42(41,48)29-43(23-10-24-49-3)27-34(46)28-44)36-19-17-31(25-33(45)18-16-30)26-38(36)40(47)37-15-8-7-14-35(37)32-12-5-4-6-13-32/h4-8,11-15,17,19,26,33-34,39,44-46,48H,9-10,16,18,20-25,27-29H2,1-3H3. The van der Waals surface area contributed by atoms with Gasteiger partial charge in [-0.05, 0) is 92.5 Å². The molecule has 0 radical (unpaired) electrons. The van der Waals surface area contributed by atoms with Crippen molar-refractivity contribution in [3.05, 3.63) is 107 Å². The van der Waals surface area contributed by atoms with Crippen molar-refractivity contribution in [3.63, 3.8) is 0 Å². The van der Waals surface area contributed by atoms with E-state index < -0.39 is 23.2 Å². The van der Waals surface area contributed by atoms with Gasteiger partial charge in [-0.25, -0.2) is 0 Å². The number of carbonyl (C=O) groups excluding carboxylic acids is 1. The fraction of sp³-hybridized carbons (Fsp3) is 0.500. The third-order valence-electron chi connectivity index (χ3n) is 11.2. The van der Waals surface area contributed by atoms with Gasteiger partial charge in [-0.15, -0.1) is 0 Å². The number of hydrogen-bond acceptors (Lipinski definition) is 7. The molecule has 0 spiro atoms. The van der Waals surface area contributed by atoms with E-state index in [0.29, 0.717) is 62.9 Å². The molecule has 0 heterocycles. The zero-order chi connectivity index (χ0) is 35.0. The van der Waals surface area contributed by atoms with Gasteiger partial charge in [0, 0.05) is 49.9 Å². The summed E-state index contributed by atoms with van der Waals surface area (Å²) in [6.07, 6.45) is 6.15. The quantitative estimate of drug-likeness (QED) is 0.102. The lowest BCUT2D eigenvalue weighted by Crippen LogP contribution is -2.54. The molecule has 4 N–H and O–H groups in total. The first kappa shape index (κ1) is 37.1. The Morgan fingerprint density at radius 3 is 2.53 bits per heavy atom. The molecule has 3 aliphatic rings. The van der Waals surface area contributed by atoms with E-state index in [-0.39, 0.29) is 24.9 Å². The van der Waals surface area contributed by atoms with E-state index in [1.807, 2.05) is 60.7 Å². The van der Waals surface area contributed by atoms with Gasteiger partial charge in [-0.2, -0.15) is 0 Å². The minimum atomic E-state index is -1.12. The number of nitrogens with zero attached hydrogens (tertiary/aromatic N) is 1. The number of rotatable bonds is 12. The molecule has 49 heavy (non-hydrogen) atoms. The second kappa shape index (κ2) is 16.7. The molecule has 0 amide bonds. The molecule has 7 nitrogen and oxygen atoms in total. The first-order valence-corrected chi connectivity index (χ1v) is 18.0. The summed E-state index contributed by atoms with van der Waals surface area (Å²) in [7, 11) is 1.66. The summed E-state index contributed by atoms with van der Waals surface area (Å²) < 4.78 is 5.30. The van der Waals surface area contributed by atoms with Crippen LogP contribution >= 0.6 is 0 Å². The minimum absolute atomic E-state index is 0.0568. The number of methoxy groups -OCH3 is 1. The summed E-state index contributed by atoms with van der Waals surface area (Å²) in [5.74, 6) is -0.168. The van der Waals surface area contributed by atoms with Gasteiger partial charge in [0.25, 0.3) is 0 Å². The molecule has 1 saturated carbocycles. The monoisotopic (exact) mass is 669 g/mol. The highest BCUT2D eigenvalue weighted by atomic mass is 16.5. The number of aliphatic hydroxyl groups is 4. The Morgan fingerprint density at radius 2 is 1.78 bits per heavy atom. The van der Waals surface area contributed by atoms with Crippen LogP contribution in [0.4, 0.5) is 0 Å². The number of aliphatic hydroxyl groups excluding tert-OH is 3. The summed E-state index contributed by atoms with van der Waals surface area (Å²) in [6, 6.07) is 23.9. The number of benzene rings is 3. The van der Waals surface area contributed by atoms with Gasteiger partial charge in [0.15, 0.2) is 5.78 Å². The maximum Gasteiger partial charge on any atom is 0.193 e. The summed E-state index contributed by atoms with van der Waals surface area (Å²) in [5.41, 5.74) is 4.47. The van der Waals surface area contributed by atoms with Gasteiger partial charge in [0.05, 0.1) is 24.4 Å². The lowest BCUT2D eigenvalue weighted by atomic mass is 9.64. The van der Waals surface area contributed by atoms with Crippen molar-refractivity contribution in [2.24, 2.45) is 5.41 Å². The Labute approximate surface area is 292 Å². The number of ether oxygens (including phenoxy) is 1. The lowest BCUT2D eigenvalue weighted by molar-refractivity contribution is -0.0898. The fourth-order valence-corrected chi connectivity index (χ4v) is 8.29. The van der Waals surface area contributed by atoms with Gasteiger partial charge >= 0.3 is 0 Å². The van der Waals surface area contributed by atoms with Gasteiger partial charge in [0.2, 0.25) is 0 Å². The van der Waals surface area contributed by atoms with Crippen molar-refractivity contribution in [1.82, 2.24) is 4.90 Å². The van der Waals surface area contributed by atoms with Crippen LogP contribution in [0.3, 0.4) is 0 Å². The van der Waals surface area contributed by atoms with E-state index in [9.17, 15) is 25.2 Å². The predicted octanol–water partition coefficient (Wildman–Crippen LogP) is 6.31. The predicted molar refractivity (Wildman–Crippen MR) is 195 cm³/mol. The molecule has 0 aliphatic heterocycles. The zero-order valence-electron chi connectivity index (χ0n) is 29.5. The molecule has 264 valence electrons. The molecule has 3 aliphatic carbocycles. The van der Waals surface area contributed by atoms with Crippen LogP contribution in [0.2, 0.25) is 0 Å².